The first kappa shape index (κ1) is 14.7. The Labute approximate surface area is 104 Å². The minimum absolute atomic E-state index is 0.0729. The highest BCUT2D eigenvalue weighted by atomic mass is 19.2. The van der Waals surface area contributed by atoms with Crippen LogP contribution in [0.1, 0.15) is 18.4 Å². The summed E-state index contributed by atoms with van der Waals surface area (Å²) in [5.41, 5.74) is 0.0826. The first-order valence-corrected chi connectivity index (χ1v) is 5.54. The SMILES string of the molecule is C=C(c1cc(F)c(F)c(F)c1F)C1CC1.CNC. The molecule has 0 radical (unpaired) electrons. The smallest absolute Gasteiger partial charge is 0.198 e. The Bertz CT molecular complexity index is 453. The van der Waals surface area contributed by atoms with Crippen molar-refractivity contribution < 1.29 is 17.6 Å². The maximum absolute atomic E-state index is 13.2. The van der Waals surface area contributed by atoms with Gasteiger partial charge in [0.05, 0.1) is 0 Å². The van der Waals surface area contributed by atoms with Gasteiger partial charge in [0.1, 0.15) is 0 Å². The normalized spacial score (nSPS) is 13.9. The fraction of sp³-hybridized carbons (Fsp3) is 0.385. The van der Waals surface area contributed by atoms with Gasteiger partial charge in [0.15, 0.2) is 23.3 Å². The van der Waals surface area contributed by atoms with Crippen LogP contribution in [0, 0.1) is 29.2 Å². The highest BCUT2D eigenvalue weighted by Crippen LogP contribution is 2.42. The first-order chi connectivity index (χ1) is 8.43. The molecule has 1 aromatic carbocycles. The van der Waals surface area contributed by atoms with E-state index >= 15 is 0 Å². The van der Waals surface area contributed by atoms with Crippen LogP contribution in [0.3, 0.4) is 0 Å². The number of rotatable bonds is 2. The van der Waals surface area contributed by atoms with Crippen LogP contribution in [0.15, 0.2) is 12.6 Å². The van der Waals surface area contributed by atoms with Crippen molar-refractivity contribution in [2.24, 2.45) is 5.92 Å². The Morgan fingerprint density at radius 3 is 2.06 bits per heavy atom. The van der Waals surface area contributed by atoms with Gasteiger partial charge in [0, 0.05) is 5.56 Å². The number of hydrogen-bond acceptors (Lipinski definition) is 1. The van der Waals surface area contributed by atoms with Crippen molar-refractivity contribution in [1.82, 2.24) is 5.32 Å². The third kappa shape index (κ3) is 3.10. The maximum atomic E-state index is 13.2. The molecular formula is C13H15F4N. The molecule has 1 aromatic rings. The molecule has 0 atom stereocenters. The summed E-state index contributed by atoms with van der Waals surface area (Å²) in [5.74, 6) is -6.22. The summed E-state index contributed by atoms with van der Waals surface area (Å²) in [7, 11) is 3.75. The van der Waals surface area contributed by atoms with E-state index < -0.39 is 23.3 Å². The van der Waals surface area contributed by atoms with Crippen LogP contribution in [0.2, 0.25) is 0 Å². The molecule has 1 aliphatic rings. The topological polar surface area (TPSA) is 12.0 Å². The average Bonchev–Trinajstić information content (AvgIpc) is 3.15. The summed E-state index contributed by atoms with van der Waals surface area (Å²) in [5, 5.41) is 2.75. The summed E-state index contributed by atoms with van der Waals surface area (Å²) in [4.78, 5) is 0. The Morgan fingerprint density at radius 1 is 1.11 bits per heavy atom. The molecule has 1 fully saturated rings. The Hall–Kier alpha value is -1.36. The molecule has 1 saturated carbocycles. The molecule has 1 nitrogen and oxygen atoms in total. The minimum atomic E-state index is -1.78. The fourth-order valence-corrected chi connectivity index (χ4v) is 1.46. The molecule has 0 bridgehead atoms. The van der Waals surface area contributed by atoms with E-state index in [4.69, 9.17) is 0 Å². The van der Waals surface area contributed by atoms with Crippen LogP contribution >= 0.6 is 0 Å². The molecule has 0 saturated heterocycles. The molecule has 0 spiro atoms. The van der Waals surface area contributed by atoms with Crippen molar-refractivity contribution in [2.75, 3.05) is 14.1 Å². The molecule has 18 heavy (non-hydrogen) atoms. The summed E-state index contributed by atoms with van der Waals surface area (Å²) < 4.78 is 51.6. The summed E-state index contributed by atoms with van der Waals surface area (Å²) in [6.45, 7) is 3.56. The van der Waals surface area contributed by atoms with Gasteiger partial charge in [-0.3, -0.25) is 0 Å². The first-order valence-electron chi connectivity index (χ1n) is 5.54. The molecular weight excluding hydrogens is 246 g/mol. The average molecular weight is 261 g/mol. The van der Waals surface area contributed by atoms with Gasteiger partial charge in [0.2, 0.25) is 0 Å². The van der Waals surface area contributed by atoms with Crippen molar-refractivity contribution in [3.8, 4) is 0 Å². The van der Waals surface area contributed by atoms with Gasteiger partial charge >= 0.3 is 0 Å². The van der Waals surface area contributed by atoms with Gasteiger partial charge in [0.25, 0.3) is 0 Å². The van der Waals surface area contributed by atoms with E-state index in [1.165, 1.54) is 0 Å². The van der Waals surface area contributed by atoms with E-state index in [0.717, 1.165) is 12.8 Å². The van der Waals surface area contributed by atoms with Gasteiger partial charge in [-0.15, -0.1) is 0 Å². The van der Waals surface area contributed by atoms with Crippen LogP contribution in [0.5, 0.6) is 0 Å². The third-order valence-electron chi connectivity index (χ3n) is 2.52. The Balaban J connectivity index is 0.000000492. The zero-order chi connectivity index (χ0) is 13.9. The van der Waals surface area contributed by atoms with Crippen molar-refractivity contribution in [2.45, 2.75) is 12.8 Å². The van der Waals surface area contributed by atoms with Gasteiger partial charge < -0.3 is 5.32 Å². The van der Waals surface area contributed by atoms with E-state index in [9.17, 15) is 17.6 Å². The van der Waals surface area contributed by atoms with E-state index in [2.05, 4.69) is 11.9 Å². The number of halogens is 4. The predicted molar refractivity (Wildman–Crippen MR) is 63.0 cm³/mol. The van der Waals surface area contributed by atoms with E-state index in [-0.39, 0.29) is 11.5 Å². The second-order valence-corrected chi connectivity index (χ2v) is 4.15. The molecule has 0 aliphatic heterocycles. The van der Waals surface area contributed by atoms with E-state index in [0.29, 0.717) is 11.6 Å². The highest BCUT2D eigenvalue weighted by Gasteiger charge is 2.29. The monoisotopic (exact) mass is 261 g/mol. The molecule has 1 aliphatic carbocycles. The number of allylic oxidation sites excluding steroid dienone is 1. The van der Waals surface area contributed by atoms with Crippen LogP contribution in [0.4, 0.5) is 17.6 Å². The Kier molecular flexibility index (Phi) is 4.90. The molecule has 0 amide bonds. The number of nitrogens with one attached hydrogen (secondary N) is 1. The highest BCUT2D eigenvalue weighted by molar-refractivity contribution is 5.67. The van der Waals surface area contributed by atoms with Crippen molar-refractivity contribution >= 4 is 5.57 Å². The summed E-state index contributed by atoms with van der Waals surface area (Å²) >= 11 is 0. The van der Waals surface area contributed by atoms with Crippen LogP contribution in [0.25, 0.3) is 5.57 Å². The van der Waals surface area contributed by atoms with Crippen LogP contribution in [-0.4, -0.2) is 14.1 Å². The lowest BCUT2D eigenvalue weighted by molar-refractivity contribution is 0.407. The predicted octanol–water partition coefficient (Wildman–Crippen LogP) is 3.50. The van der Waals surface area contributed by atoms with Gasteiger partial charge in [-0.1, -0.05) is 6.58 Å². The molecule has 2 rings (SSSR count). The number of benzene rings is 1. The zero-order valence-electron chi connectivity index (χ0n) is 10.3. The molecule has 5 heteroatoms. The molecule has 1 N–H and O–H groups in total. The van der Waals surface area contributed by atoms with Gasteiger partial charge in [-0.05, 0) is 44.5 Å². The lowest BCUT2D eigenvalue weighted by atomic mass is 10.0. The number of hydrogen-bond donors (Lipinski definition) is 1. The maximum Gasteiger partial charge on any atom is 0.198 e. The quantitative estimate of drug-likeness (QED) is 0.488. The molecule has 100 valence electrons. The molecule has 0 heterocycles. The molecule has 0 aromatic heterocycles. The third-order valence-corrected chi connectivity index (χ3v) is 2.52. The standard InChI is InChI=1S/C11H8F4.C2H7N/c1-5(6-2-3-6)7-4-8(12)10(14)11(15)9(7)13;1-3-2/h4,6H,1-3H2;3H,1-2H3. The summed E-state index contributed by atoms with van der Waals surface area (Å²) in [6.07, 6.45) is 1.66. The fourth-order valence-electron chi connectivity index (χ4n) is 1.46. The minimum Gasteiger partial charge on any atom is -0.323 e. The van der Waals surface area contributed by atoms with E-state index in [1.807, 2.05) is 14.1 Å². The van der Waals surface area contributed by atoms with E-state index in [1.54, 1.807) is 0 Å². The van der Waals surface area contributed by atoms with Crippen LogP contribution < -0.4 is 5.32 Å². The van der Waals surface area contributed by atoms with Crippen molar-refractivity contribution in [3.63, 3.8) is 0 Å². The lowest BCUT2D eigenvalue weighted by Crippen LogP contribution is -2.01. The second-order valence-electron chi connectivity index (χ2n) is 4.15. The van der Waals surface area contributed by atoms with Crippen molar-refractivity contribution in [3.05, 3.63) is 41.5 Å². The molecule has 0 unspecified atom stereocenters. The summed E-state index contributed by atoms with van der Waals surface area (Å²) in [6, 6.07) is 0.661. The lowest BCUT2D eigenvalue weighted by Gasteiger charge is -2.07. The Morgan fingerprint density at radius 2 is 1.61 bits per heavy atom. The van der Waals surface area contributed by atoms with Gasteiger partial charge in [-0.2, -0.15) is 0 Å². The van der Waals surface area contributed by atoms with Crippen molar-refractivity contribution in [1.29, 1.82) is 0 Å². The largest absolute Gasteiger partial charge is 0.323 e. The van der Waals surface area contributed by atoms with Crippen LogP contribution in [-0.2, 0) is 0 Å². The zero-order valence-corrected chi connectivity index (χ0v) is 10.3. The van der Waals surface area contributed by atoms with Gasteiger partial charge in [-0.25, -0.2) is 17.6 Å². The second kappa shape index (κ2) is 6.00.